The van der Waals surface area contributed by atoms with E-state index in [0.29, 0.717) is 0 Å². The molecule has 15 heavy (non-hydrogen) atoms. The summed E-state index contributed by atoms with van der Waals surface area (Å²) in [4.78, 5) is 14.0. The molecule has 2 N–H and O–H groups in total. The van der Waals surface area contributed by atoms with E-state index in [1.165, 1.54) is 0 Å². The van der Waals surface area contributed by atoms with Crippen LogP contribution in [0.2, 0.25) is 0 Å². The van der Waals surface area contributed by atoms with Gasteiger partial charge in [-0.25, -0.2) is 0 Å². The Bertz CT molecular complexity index is 239. The number of rotatable bonds is 1. The standard InChI is InChI=1S/C10H19N3O.ClH/c1-10(2)7-12-8(10)9(14)13-5-3-11-4-6-13;/h8,11-12H,3-7H2,1-2H3;1H. The third kappa shape index (κ3) is 2.44. The molecule has 2 fully saturated rings. The lowest BCUT2D eigenvalue weighted by Gasteiger charge is -2.46. The normalized spacial score (nSPS) is 28.9. The Hall–Kier alpha value is -0.320. The first-order valence-corrected chi connectivity index (χ1v) is 5.34. The summed E-state index contributed by atoms with van der Waals surface area (Å²) in [6.07, 6.45) is 0. The minimum atomic E-state index is 0. The predicted molar refractivity (Wildman–Crippen MR) is 62.3 cm³/mol. The van der Waals surface area contributed by atoms with Gasteiger partial charge >= 0.3 is 0 Å². The predicted octanol–water partition coefficient (Wildman–Crippen LogP) is -0.162. The van der Waals surface area contributed by atoms with Crippen molar-refractivity contribution in [3.05, 3.63) is 0 Å². The highest BCUT2D eigenvalue weighted by molar-refractivity contribution is 5.85. The van der Waals surface area contributed by atoms with Gasteiger partial charge in [-0.3, -0.25) is 4.79 Å². The van der Waals surface area contributed by atoms with Crippen LogP contribution in [-0.2, 0) is 4.79 Å². The first-order chi connectivity index (χ1) is 6.61. The highest BCUT2D eigenvalue weighted by Gasteiger charge is 2.44. The topological polar surface area (TPSA) is 44.4 Å². The van der Waals surface area contributed by atoms with Crippen LogP contribution in [0.1, 0.15) is 13.8 Å². The van der Waals surface area contributed by atoms with Crippen molar-refractivity contribution in [3.63, 3.8) is 0 Å². The molecule has 1 amide bonds. The van der Waals surface area contributed by atoms with Crippen LogP contribution in [0.5, 0.6) is 0 Å². The van der Waals surface area contributed by atoms with Crippen molar-refractivity contribution < 1.29 is 4.79 Å². The van der Waals surface area contributed by atoms with Crippen molar-refractivity contribution in [2.75, 3.05) is 32.7 Å². The smallest absolute Gasteiger partial charge is 0.240 e. The van der Waals surface area contributed by atoms with E-state index >= 15 is 0 Å². The summed E-state index contributed by atoms with van der Waals surface area (Å²) in [7, 11) is 0. The van der Waals surface area contributed by atoms with Gasteiger partial charge < -0.3 is 15.5 Å². The molecule has 1 atom stereocenters. The molecule has 0 aromatic heterocycles. The van der Waals surface area contributed by atoms with E-state index < -0.39 is 0 Å². The highest BCUT2D eigenvalue weighted by atomic mass is 35.5. The van der Waals surface area contributed by atoms with Crippen molar-refractivity contribution in [2.24, 2.45) is 5.41 Å². The Labute approximate surface area is 97.2 Å². The number of carbonyl (C=O) groups excluding carboxylic acids is 1. The van der Waals surface area contributed by atoms with Crippen molar-refractivity contribution >= 4 is 18.3 Å². The Kier molecular flexibility index (Phi) is 3.98. The fourth-order valence-corrected chi connectivity index (χ4v) is 2.10. The van der Waals surface area contributed by atoms with Crippen LogP contribution in [0.15, 0.2) is 0 Å². The van der Waals surface area contributed by atoms with E-state index in [1.807, 2.05) is 4.90 Å². The zero-order valence-corrected chi connectivity index (χ0v) is 10.2. The lowest BCUT2D eigenvalue weighted by Crippen LogP contribution is -2.67. The molecule has 2 rings (SSSR count). The van der Waals surface area contributed by atoms with Crippen LogP contribution in [0.3, 0.4) is 0 Å². The Balaban J connectivity index is 0.00000112. The van der Waals surface area contributed by atoms with E-state index in [1.54, 1.807) is 0 Å². The number of nitrogens with zero attached hydrogens (tertiary/aromatic N) is 1. The van der Waals surface area contributed by atoms with Crippen molar-refractivity contribution in [1.29, 1.82) is 0 Å². The van der Waals surface area contributed by atoms with Gasteiger partial charge in [0.05, 0.1) is 6.04 Å². The molecule has 0 radical (unpaired) electrons. The lowest BCUT2D eigenvalue weighted by atomic mass is 9.76. The van der Waals surface area contributed by atoms with E-state index in [0.717, 1.165) is 32.7 Å². The van der Waals surface area contributed by atoms with Crippen LogP contribution in [0.25, 0.3) is 0 Å². The highest BCUT2D eigenvalue weighted by Crippen LogP contribution is 2.29. The number of halogens is 1. The average molecular weight is 234 g/mol. The summed E-state index contributed by atoms with van der Waals surface area (Å²) in [5, 5.41) is 6.47. The minimum absolute atomic E-state index is 0. The second-order valence-corrected chi connectivity index (χ2v) is 4.88. The van der Waals surface area contributed by atoms with Gasteiger partial charge in [0.1, 0.15) is 0 Å². The number of carbonyl (C=O) groups is 1. The van der Waals surface area contributed by atoms with E-state index in [2.05, 4.69) is 24.5 Å². The summed E-state index contributed by atoms with van der Waals surface area (Å²) in [5.41, 5.74) is 0.141. The van der Waals surface area contributed by atoms with Gasteiger partial charge in [-0.05, 0) is 0 Å². The average Bonchev–Trinajstić information content (AvgIpc) is 2.18. The molecule has 0 saturated carbocycles. The first kappa shape index (κ1) is 12.7. The number of hydrogen-bond acceptors (Lipinski definition) is 3. The van der Waals surface area contributed by atoms with E-state index in [-0.39, 0.29) is 29.8 Å². The van der Waals surface area contributed by atoms with Gasteiger partial charge in [-0.1, -0.05) is 13.8 Å². The Morgan fingerprint density at radius 1 is 1.33 bits per heavy atom. The monoisotopic (exact) mass is 233 g/mol. The number of hydrogen-bond donors (Lipinski definition) is 2. The largest absolute Gasteiger partial charge is 0.339 e. The van der Waals surface area contributed by atoms with Gasteiger partial charge in [-0.2, -0.15) is 0 Å². The second kappa shape index (κ2) is 4.68. The first-order valence-electron chi connectivity index (χ1n) is 5.34. The Morgan fingerprint density at radius 3 is 2.33 bits per heavy atom. The van der Waals surface area contributed by atoms with Crippen molar-refractivity contribution in [1.82, 2.24) is 15.5 Å². The molecule has 0 spiro atoms. The summed E-state index contributed by atoms with van der Waals surface area (Å²) < 4.78 is 0. The molecule has 0 aromatic rings. The minimum Gasteiger partial charge on any atom is -0.339 e. The molecule has 0 aliphatic carbocycles. The molecular formula is C10H20ClN3O. The maximum atomic E-state index is 12.0. The van der Waals surface area contributed by atoms with Gasteiger partial charge in [0, 0.05) is 38.1 Å². The molecule has 2 saturated heterocycles. The summed E-state index contributed by atoms with van der Waals surface area (Å²) in [5.74, 6) is 0.280. The maximum absolute atomic E-state index is 12.0. The van der Waals surface area contributed by atoms with Gasteiger partial charge in [-0.15, -0.1) is 12.4 Å². The van der Waals surface area contributed by atoms with Gasteiger partial charge in [0.15, 0.2) is 0 Å². The second-order valence-electron chi connectivity index (χ2n) is 4.88. The number of piperazine rings is 1. The van der Waals surface area contributed by atoms with E-state index in [4.69, 9.17) is 0 Å². The van der Waals surface area contributed by atoms with Gasteiger partial charge in [0.2, 0.25) is 5.91 Å². The fraction of sp³-hybridized carbons (Fsp3) is 0.900. The zero-order valence-electron chi connectivity index (χ0n) is 9.38. The third-order valence-electron chi connectivity index (χ3n) is 3.22. The molecule has 0 aromatic carbocycles. The molecule has 2 heterocycles. The van der Waals surface area contributed by atoms with Crippen LogP contribution in [0.4, 0.5) is 0 Å². The third-order valence-corrected chi connectivity index (χ3v) is 3.22. The van der Waals surface area contributed by atoms with Gasteiger partial charge in [0.25, 0.3) is 0 Å². The summed E-state index contributed by atoms with van der Waals surface area (Å²) in [6, 6.07) is 0.0422. The number of amides is 1. The fourth-order valence-electron chi connectivity index (χ4n) is 2.10. The molecule has 88 valence electrons. The van der Waals surface area contributed by atoms with Crippen LogP contribution in [0, 0.1) is 5.41 Å². The summed E-state index contributed by atoms with van der Waals surface area (Å²) >= 11 is 0. The quantitative estimate of drug-likeness (QED) is 0.662. The maximum Gasteiger partial charge on any atom is 0.240 e. The molecule has 0 bridgehead atoms. The van der Waals surface area contributed by atoms with E-state index in [9.17, 15) is 4.79 Å². The van der Waals surface area contributed by atoms with Crippen molar-refractivity contribution in [3.8, 4) is 0 Å². The zero-order chi connectivity index (χ0) is 10.2. The summed E-state index contributed by atoms with van der Waals surface area (Å²) in [6.45, 7) is 8.82. The molecule has 5 heteroatoms. The molecule has 4 nitrogen and oxygen atoms in total. The SMILES string of the molecule is CC1(C)CNC1C(=O)N1CCNCC1.Cl. The lowest BCUT2D eigenvalue weighted by molar-refractivity contribution is -0.140. The Morgan fingerprint density at radius 2 is 1.93 bits per heavy atom. The van der Waals surface area contributed by atoms with Crippen molar-refractivity contribution in [2.45, 2.75) is 19.9 Å². The van der Waals surface area contributed by atoms with Crippen LogP contribution >= 0.6 is 12.4 Å². The molecule has 2 aliphatic rings. The molecule has 2 aliphatic heterocycles. The molecule has 1 unspecified atom stereocenters. The number of nitrogens with one attached hydrogen (secondary N) is 2. The van der Waals surface area contributed by atoms with Crippen LogP contribution in [-0.4, -0.2) is 49.6 Å². The van der Waals surface area contributed by atoms with Crippen LogP contribution < -0.4 is 10.6 Å². The molecular weight excluding hydrogens is 214 g/mol.